The fraction of sp³-hybridized carbons (Fsp3) is 0. The first-order valence-electron chi connectivity index (χ1n) is 3.21. The highest BCUT2D eigenvalue weighted by molar-refractivity contribution is 7.74. The summed E-state index contributed by atoms with van der Waals surface area (Å²) in [6.07, 6.45) is 0. The van der Waals surface area contributed by atoms with E-state index in [0.29, 0.717) is 0 Å². The van der Waals surface area contributed by atoms with Crippen LogP contribution in [-0.4, -0.2) is 19.8 Å². The zero-order valence-electron chi connectivity index (χ0n) is 6.30. The van der Waals surface area contributed by atoms with E-state index in [2.05, 4.69) is 4.18 Å². The fourth-order valence-electron chi connectivity index (χ4n) is 0.789. The third-order valence-corrected chi connectivity index (χ3v) is 1.59. The first-order chi connectivity index (χ1) is 6.11. The van der Waals surface area contributed by atoms with Crippen LogP contribution < -0.4 is 4.18 Å². The van der Waals surface area contributed by atoms with Crippen molar-refractivity contribution in [1.29, 1.82) is 0 Å². The van der Waals surface area contributed by atoms with E-state index in [-0.39, 0.29) is 11.3 Å². The van der Waals surface area contributed by atoms with Crippen molar-refractivity contribution in [3.8, 4) is 5.75 Å². The van der Waals surface area contributed by atoms with Gasteiger partial charge in [0.05, 0.1) is 0 Å². The number of para-hydroxylation sites is 1. The van der Waals surface area contributed by atoms with Crippen molar-refractivity contribution in [3.05, 3.63) is 29.8 Å². The predicted molar refractivity (Wildman–Crippen MR) is 42.9 cm³/mol. The molecule has 0 heterocycles. The minimum Gasteiger partial charge on any atom is -0.740 e. The van der Waals surface area contributed by atoms with Crippen molar-refractivity contribution in [1.82, 2.24) is 0 Å². The summed E-state index contributed by atoms with van der Waals surface area (Å²) in [5, 5.41) is 8.60. The molecule has 1 atom stereocenters. The Labute approximate surface area is 76.5 Å². The van der Waals surface area contributed by atoms with Gasteiger partial charge < -0.3 is 13.8 Å². The lowest BCUT2D eigenvalue weighted by Crippen LogP contribution is -2.04. The highest BCUT2D eigenvalue weighted by Crippen LogP contribution is 2.17. The molecule has 1 aromatic rings. The zero-order chi connectivity index (χ0) is 9.84. The molecule has 0 fully saturated rings. The Balaban J connectivity index is 3.04. The van der Waals surface area contributed by atoms with Gasteiger partial charge in [0.2, 0.25) is 0 Å². The molecular weight excluding hydrogens is 196 g/mol. The number of rotatable bonds is 3. The molecule has 13 heavy (non-hydrogen) atoms. The Morgan fingerprint density at radius 3 is 2.62 bits per heavy atom. The SMILES string of the molecule is O=C(O)c1ccccc1OS(=O)[O-]. The molecule has 0 aliphatic rings. The van der Waals surface area contributed by atoms with E-state index in [4.69, 9.17) is 5.11 Å². The highest BCUT2D eigenvalue weighted by atomic mass is 32.2. The minimum absolute atomic E-state index is 0.188. The van der Waals surface area contributed by atoms with Gasteiger partial charge in [-0.25, -0.2) is 9.00 Å². The number of carboxylic acid groups (broad SMARTS) is 1. The number of hydrogen-bond donors (Lipinski definition) is 1. The smallest absolute Gasteiger partial charge is 0.339 e. The maximum atomic E-state index is 10.5. The van der Waals surface area contributed by atoms with Crippen molar-refractivity contribution in [2.24, 2.45) is 0 Å². The van der Waals surface area contributed by atoms with Crippen molar-refractivity contribution in [3.63, 3.8) is 0 Å². The molecule has 0 aliphatic heterocycles. The van der Waals surface area contributed by atoms with Crippen molar-refractivity contribution < 1.29 is 22.8 Å². The molecule has 0 aromatic heterocycles. The summed E-state index contributed by atoms with van der Waals surface area (Å²) in [7, 11) is 0. The third kappa shape index (κ3) is 2.53. The summed E-state index contributed by atoms with van der Waals surface area (Å²) in [5.41, 5.74) is -0.188. The molecule has 1 N–H and O–H groups in total. The summed E-state index contributed by atoms with van der Waals surface area (Å²) in [4.78, 5) is 10.5. The highest BCUT2D eigenvalue weighted by Gasteiger charge is 2.09. The normalized spacial score (nSPS) is 12.1. The second-order valence-corrected chi connectivity index (χ2v) is 2.66. The molecule has 1 unspecified atom stereocenters. The molecule has 5 nitrogen and oxygen atoms in total. The van der Waals surface area contributed by atoms with Crippen LogP contribution in [0.2, 0.25) is 0 Å². The number of carbonyl (C=O) groups is 1. The zero-order valence-corrected chi connectivity index (χ0v) is 7.11. The van der Waals surface area contributed by atoms with Crippen LogP contribution >= 0.6 is 0 Å². The predicted octanol–water partition coefficient (Wildman–Crippen LogP) is 0.558. The van der Waals surface area contributed by atoms with E-state index in [9.17, 15) is 13.6 Å². The van der Waals surface area contributed by atoms with Gasteiger partial charge in [0.15, 0.2) is 5.75 Å². The van der Waals surface area contributed by atoms with Crippen LogP contribution in [0, 0.1) is 0 Å². The fourth-order valence-corrected chi connectivity index (χ4v) is 1.08. The second-order valence-electron chi connectivity index (χ2n) is 2.09. The van der Waals surface area contributed by atoms with Crippen LogP contribution in [0.15, 0.2) is 24.3 Å². The Kier molecular flexibility index (Phi) is 2.99. The van der Waals surface area contributed by atoms with E-state index >= 15 is 0 Å². The Hall–Kier alpha value is -1.40. The van der Waals surface area contributed by atoms with Crippen molar-refractivity contribution in [2.45, 2.75) is 0 Å². The Bertz CT molecular complexity index is 348. The van der Waals surface area contributed by atoms with Crippen LogP contribution in [0.1, 0.15) is 10.4 Å². The monoisotopic (exact) mass is 201 g/mol. The van der Waals surface area contributed by atoms with E-state index in [0.717, 1.165) is 0 Å². The molecular formula is C7H5O5S-. The summed E-state index contributed by atoms with van der Waals surface area (Å²) in [6.45, 7) is 0. The molecule has 1 rings (SSSR count). The Morgan fingerprint density at radius 2 is 2.08 bits per heavy atom. The first-order valence-corrected chi connectivity index (χ1v) is 4.21. The summed E-state index contributed by atoms with van der Waals surface area (Å²) < 4.78 is 24.5. The molecule has 70 valence electrons. The third-order valence-electron chi connectivity index (χ3n) is 1.28. The van der Waals surface area contributed by atoms with Crippen LogP contribution in [0.3, 0.4) is 0 Å². The topological polar surface area (TPSA) is 86.7 Å². The maximum Gasteiger partial charge on any atom is 0.339 e. The van der Waals surface area contributed by atoms with Gasteiger partial charge >= 0.3 is 5.97 Å². The van der Waals surface area contributed by atoms with Gasteiger partial charge in [-0.1, -0.05) is 12.1 Å². The average Bonchev–Trinajstić information content (AvgIpc) is 2.03. The first kappa shape index (κ1) is 9.69. The molecule has 0 saturated heterocycles. The van der Waals surface area contributed by atoms with Gasteiger partial charge in [0.25, 0.3) is 0 Å². The lowest BCUT2D eigenvalue weighted by atomic mass is 10.2. The lowest BCUT2D eigenvalue weighted by Gasteiger charge is -2.08. The molecule has 0 aliphatic carbocycles. The maximum absolute atomic E-state index is 10.5. The van der Waals surface area contributed by atoms with E-state index in [1.807, 2.05) is 0 Å². The van der Waals surface area contributed by atoms with E-state index in [1.54, 1.807) is 0 Å². The average molecular weight is 201 g/mol. The van der Waals surface area contributed by atoms with Crippen LogP contribution in [0.5, 0.6) is 5.75 Å². The van der Waals surface area contributed by atoms with E-state index in [1.165, 1.54) is 24.3 Å². The molecule has 0 radical (unpaired) electrons. The lowest BCUT2D eigenvalue weighted by molar-refractivity contribution is 0.0695. The number of aromatic carboxylic acids is 1. The van der Waals surface area contributed by atoms with Gasteiger partial charge in [-0.05, 0) is 12.1 Å². The largest absolute Gasteiger partial charge is 0.740 e. The minimum atomic E-state index is -2.76. The van der Waals surface area contributed by atoms with E-state index < -0.39 is 17.3 Å². The molecule has 0 bridgehead atoms. The van der Waals surface area contributed by atoms with Gasteiger partial charge in [-0.2, -0.15) is 0 Å². The Morgan fingerprint density at radius 1 is 1.46 bits per heavy atom. The summed E-state index contributed by atoms with van der Waals surface area (Å²) in [5.74, 6) is -1.43. The standard InChI is InChI=1S/C7H6O5S/c8-7(9)5-3-1-2-4-6(5)12-13(10)11/h1-4H,(H,8,9)(H,10,11)/p-1. The van der Waals surface area contributed by atoms with Gasteiger partial charge in [0, 0.05) is 0 Å². The molecule has 6 heteroatoms. The molecule has 1 aromatic carbocycles. The summed E-state index contributed by atoms with van der Waals surface area (Å²) >= 11 is -2.76. The van der Waals surface area contributed by atoms with Gasteiger partial charge in [-0.15, -0.1) is 0 Å². The van der Waals surface area contributed by atoms with Crippen molar-refractivity contribution in [2.75, 3.05) is 0 Å². The quantitative estimate of drug-likeness (QED) is 0.722. The number of hydrogen-bond acceptors (Lipinski definition) is 4. The molecule has 0 spiro atoms. The number of benzene rings is 1. The molecule has 0 saturated carbocycles. The van der Waals surface area contributed by atoms with Gasteiger partial charge in [0.1, 0.15) is 16.9 Å². The van der Waals surface area contributed by atoms with Crippen molar-refractivity contribution >= 4 is 17.3 Å². The number of carboxylic acids is 1. The van der Waals surface area contributed by atoms with Crippen LogP contribution in [0.4, 0.5) is 0 Å². The van der Waals surface area contributed by atoms with Gasteiger partial charge in [-0.3, -0.25) is 0 Å². The second kappa shape index (κ2) is 4.01. The molecule has 0 amide bonds. The van der Waals surface area contributed by atoms with Crippen LogP contribution in [-0.2, 0) is 11.4 Å². The van der Waals surface area contributed by atoms with Crippen LogP contribution in [0.25, 0.3) is 0 Å². The summed E-state index contributed by atoms with van der Waals surface area (Å²) in [6, 6.07) is 5.47.